The smallest absolute Gasteiger partial charge is 0.243 e. The monoisotopic (exact) mass is 363 g/mol. The predicted molar refractivity (Wildman–Crippen MR) is 104 cm³/mol. The average Bonchev–Trinajstić information content (AvgIpc) is 3.18. The molecule has 7 nitrogen and oxygen atoms in total. The predicted octanol–water partition coefficient (Wildman–Crippen LogP) is 1.84. The number of nitrogens with one attached hydrogen (secondary N) is 2. The number of likely N-dealkylation sites (tertiary alicyclic amines) is 1. The van der Waals surface area contributed by atoms with E-state index < -0.39 is 0 Å². The number of likely N-dealkylation sites (N-methyl/N-ethyl adjacent to an activating group) is 1. The normalized spacial score (nSPS) is 17.0. The summed E-state index contributed by atoms with van der Waals surface area (Å²) in [5, 5.41) is 6.69. The number of furan rings is 1. The van der Waals surface area contributed by atoms with Gasteiger partial charge in [-0.25, -0.2) is 4.99 Å². The van der Waals surface area contributed by atoms with Gasteiger partial charge in [-0.3, -0.25) is 9.69 Å². The van der Waals surface area contributed by atoms with Gasteiger partial charge in [0.15, 0.2) is 5.96 Å². The molecule has 0 aromatic carbocycles. The molecule has 1 aliphatic heterocycles. The lowest BCUT2D eigenvalue weighted by Crippen LogP contribution is -2.45. The maximum absolute atomic E-state index is 11.8. The van der Waals surface area contributed by atoms with Crippen LogP contribution in [0.3, 0.4) is 0 Å². The van der Waals surface area contributed by atoms with Gasteiger partial charge in [-0.1, -0.05) is 13.3 Å². The molecule has 1 amide bonds. The van der Waals surface area contributed by atoms with Gasteiger partial charge in [-0.05, 0) is 44.5 Å². The van der Waals surface area contributed by atoms with E-state index >= 15 is 0 Å². The molecule has 1 atom stereocenters. The third kappa shape index (κ3) is 6.37. The Hall–Kier alpha value is -2.02. The van der Waals surface area contributed by atoms with Crippen LogP contribution in [0.5, 0.6) is 0 Å². The van der Waals surface area contributed by atoms with Crippen molar-refractivity contribution < 1.29 is 9.21 Å². The van der Waals surface area contributed by atoms with E-state index in [-0.39, 0.29) is 18.5 Å². The van der Waals surface area contributed by atoms with Gasteiger partial charge in [0.25, 0.3) is 0 Å². The fraction of sp³-hybridized carbons (Fsp3) is 0.684. The highest BCUT2D eigenvalue weighted by molar-refractivity contribution is 5.84. The zero-order chi connectivity index (χ0) is 18.8. The van der Waals surface area contributed by atoms with Crippen LogP contribution in [0.1, 0.15) is 44.4 Å². The maximum atomic E-state index is 11.8. The molecule has 1 unspecified atom stereocenters. The van der Waals surface area contributed by atoms with Crippen LogP contribution < -0.4 is 10.6 Å². The number of guanidine groups is 1. The molecule has 0 aliphatic carbocycles. The van der Waals surface area contributed by atoms with Crippen LogP contribution in [0.25, 0.3) is 0 Å². The molecule has 2 N–H and O–H groups in total. The number of hydrogen-bond donors (Lipinski definition) is 2. The second kappa shape index (κ2) is 10.9. The third-order valence-corrected chi connectivity index (χ3v) is 4.58. The number of piperidine rings is 1. The highest BCUT2D eigenvalue weighted by Crippen LogP contribution is 2.24. The summed E-state index contributed by atoms with van der Waals surface area (Å²) in [6.07, 6.45) is 6.47. The minimum Gasteiger partial charge on any atom is -0.468 e. The van der Waals surface area contributed by atoms with Crippen molar-refractivity contribution in [1.29, 1.82) is 0 Å². The summed E-state index contributed by atoms with van der Waals surface area (Å²) in [6.45, 7) is 5.93. The third-order valence-electron chi connectivity index (χ3n) is 4.58. The first kappa shape index (κ1) is 20.3. The van der Waals surface area contributed by atoms with Crippen molar-refractivity contribution in [3.05, 3.63) is 24.2 Å². The van der Waals surface area contributed by atoms with Crippen LogP contribution >= 0.6 is 0 Å². The van der Waals surface area contributed by atoms with Gasteiger partial charge in [0.1, 0.15) is 12.3 Å². The van der Waals surface area contributed by atoms with Crippen LogP contribution in [-0.4, -0.2) is 68.5 Å². The number of hydrogen-bond acceptors (Lipinski definition) is 4. The van der Waals surface area contributed by atoms with Crippen LogP contribution in [0.15, 0.2) is 27.8 Å². The molecule has 0 spiro atoms. The van der Waals surface area contributed by atoms with E-state index in [4.69, 9.17) is 4.42 Å². The standard InChI is InChI=1S/C19H33N5O2/c1-4-10-20-19(22-15-18(25)23(2)3)21-14-16(17-9-8-13-26-17)24-11-6-5-7-12-24/h8-9,13,16H,4-7,10-12,14-15H2,1-3H3,(H2,20,21,22). The molecule has 1 saturated heterocycles. The van der Waals surface area contributed by atoms with Gasteiger partial charge in [-0.15, -0.1) is 0 Å². The number of carbonyl (C=O) groups is 1. The number of nitrogens with zero attached hydrogens (tertiary/aromatic N) is 3. The van der Waals surface area contributed by atoms with E-state index in [0.717, 1.165) is 31.8 Å². The van der Waals surface area contributed by atoms with E-state index in [0.29, 0.717) is 12.5 Å². The topological polar surface area (TPSA) is 73.1 Å². The summed E-state index contributed by atoms with van der Waals surface area (Å²) in [4.78, 5) is 20.3. The SMILES string of the molecule is CCCNC(=NCC(=O)N(C)C)NCC(c1ccco1)N1CCCCC1. The summed E-state index contributed by atoms with van der Waals surface area (Å²) in [7, 11) is 3.49. The molecular weight excluding hydrogens is 330 g/mol. The first-order chi connectivity index (χ1) is 12.6. The summed E-state index contributed by atoms with van der Waals surface area (Å²) >= 11 is 0. The molecule has 7 heteroatoms. The minimum absolute atomic E-state index is 0.0128. The molecule has 146 valence electrons. The van der Waals surface area contributed by atoms with Crippen molar-refractivity contribution in [3.63, 3.8) is 0 Å². The lowest BCUT2D eigenvalue weighted by molar-refractivity contribution is -0.127. The molecule has 26 heavy (non-hydrogen) atoms. The van der Waals surface area contributed by atoms with Gasteiger partial charge in [0.05, 0.1) is 12.3 Å². The molecule has 0 radical (unpaired) electrons. The van der Waals surface area contributed by atoms with Crippen LogP contribution in [0, 0.1) is 0 Å². The van der Waals surface area contributed by atoms with E-state index in [2.05, 4.69) is 27.4 Å². The Balaban J connectivity index is 2.01. The highest BCUT2D eigenvalue weighted by Gasteiger charge is 2.24. The Morgan fingerprint density at radius 1 is 1.31 bits per heavy atom. The Kier molecular flexibility index (Phi) is 8.47. The summed E-state index contributed by atoms with van der Waals surface area (Å²) in [5.74, 6) is 1.63. The summed E-state index contributed by atoms with van der Waals surface area (Å²) < 4.78 is 5.69. The zero-order valence-corrected chi connectivity index (χ0v) is 16.3. The van der Waals surface area contributed by atoms with Gasteiger partial charge in [0, 0.05) is 27.2 Å². The summed E-state index contributed by atoms with van der Waals surface area (Å²) in [5.41, 5.74) is 0. The molecule has 2 heterocycles. The molecule has 1 fully saturated rings. The number of aliphatic imine (C=N–C) groups is 1. The second-order valence-electron chi connectivity index (χ2n) is 6.89. The van der Waals surface area contributed by atoms with E-state index in [9.17, 15) is 4.79 Å². The van der Waals surface area contributed by atoms with E-state index in [1.807, 2.05) is 12.1 Å². The first-order valence-electron chi connectivity index (χ1n) is 9.61. The number of rotatable bonds is 8. The maximum Gasteiger partial charge on any atom is 0.243 e. The molecule has 0 saturated carbocycles. The van der Waals surface area contributed by atoms with Gasteiger partial charge in [-0.2, -0.15) is 0 Å². The van der Waals surface area contributed by atoms with Crippen LogP contribution in [0.2, 0.25) is 0 Å². The van der Waals surface area contributed by atoms with E-state index in [1.165, 1.54) is 19.3 Å². The molecule has 2 rings (SSSR count). The lowest BCUT2D eigenvalue weighted by Gasteiger charge is -2.33. The fourth-order valence-electron chi connectivity index (χ4n) is 3.02. The van der Waals surface area contributed by atoms with Gasteiger partial charge >= 0.3 is 0 Å². The van der Waals surface area contributed by atoms with E-state index in [1.54, 1.807) is 25.3 Å². The van der Waals surface area contributed by atoms with Gasteiger partial charge in [0.2, 0.25) is 5.91 Å². The Labute approximate surface area is 156 Å². The van der Waals surface area contributed by atoms with Crippen molar-refractivity contribution in [2.24, 2.45) is 4.99 Å². The molecule has 1 aliphatic rings. The van der Waals surface area contributed by atoms with Crippen molar-refractivity contribution in [2.75, 3.05) is 46.8 Å². The van der Waals surface area contributed by atoms with Crippen molar-refractivity contribution in [2.45, 2.75) is 38.6 Å². The molecule has 0 bridgehead atoms. The zero-order valence-electron chi connectivity index (χ0n) is 16.3. The van der Waals surface area contributed by atoms with Crippen molar-refractivity contribution in [1.82, 2.24) is 20.4 Å². The average molecular weight is 364 g/mol. The quantitative estimate of drug-likeness (QED) is 0.545. The number of amides is 1. The van der Waals surface area contributed by atoms with Crippen molar-refractivity contribution in [3.8, 4) is 0 Å². The number of carbonyl (C=O) groups excluding carboxylic acids is 1. The lowest BCUT2D eigenvalue weighted by atomic mass is 10.1. The Bertz CT molecular complexity index is 550. The molecule has 1 aromatic rings. The fourth-order valence-corrected chi connectivity index (χ4v) is 3.02. The van der Waals surface area contributed by atoms with Crippen LogP contribution in [0.4, 0.5) is 0 Å². The summed E-state index contributed by atoms with van der Waals surface area (Å²) in [6, 6.07) is 4.14. The Morgan fingerprint density at radius 2 is 2.08 bits per heavy atom. The van der Waals surface area contributed by atoms with Gasteiger partial charge < -0.3 is 20.0 Å². The molecular formula is C19H33N5O2. The Morgan fingerprint density at radius 3 is 2.69 bits per heavy atom. The minimum atomic E-state index is -0.0128. The van der Waals surface area contributed by atoms with Crippen LogP contribution in [-0.2, 0) is 4.79 Å². The van der Waals surface area contributed by atoms with Crippen molar-refractivity contribution >= 4 is 11.9 Å². The first-order valence-corrected chi connectivity index (χ1v) is 9.61. The molecule has 1 aromatic heterocycles. The second-order valence-corrected chi connectivity index (χ2v) is 6.89. The highest BCUT2D eigenvalue weighted by atomic mass is 16.3. The largest absolute Gasteiger partial charge is 0.468 e.